The van der Waals surface area contributed by atoms with Crippen molar-refractivity contribution >= 4 is 34.4 Å². The van der Waals surface area contributed by atoms with E-state index in [1.54, 1.807) is 0 Å². The van der Waals surface area contributed by atoms with E-state index in [4.69, 9.17) is 5.11 Å². The third kappa shape index (κ3) is 4.31. The fraction of sp³-hybridized carbons (Fsp3) is 0.550. The summed E-state index contributed by atoms with van der Waals surface area (Å²) in [6, 6.07) is 5.65. The molecule has 10 heteroatoms. The number of hydrogen-bond donors (Lipinski definition) is 2. The SMILES string of the molecule is CC1CC(=O)NN=C1c1ccc2c(c1)N(CC(=O)N1CCN(CCO)CC1)C[S+]2[O-]. The normalized spacial score (nSPS) is 24.5. The smallest absolute Gasteiger partial charge is 0.242 e. The highest BCUT2D eigenvalue weighted by atomic mass is 32.2. The Morgan fingerprint density at radius 2 is 2.10 bits per heavy atom. The van der Waals surface area contributed by atoms with E-state index in [1.165, 1.54) is 0 Å². The second kappa shape index (κ2) is 8.93. The first-order chi connectivity index (χ1) is 14.5. The molecule has 0 radical (unpaired) electrons. The maximum atomic E-state index is 12.9. The number of β-amino-alcohol motifs (C(OH)–C–C–N with tert-alkyl or cyclic N) is 1. The number of fused-ring (bicyclic) bond motifs is 1. The number of rotatable bonds is 5. The Balaban J connectivity index is 1.47. The highest BCUT2D eigenvalue weighted by Gasteiger charge is 2.35. The van der Waals surface area contributed by atoms with Gasteiger partial charge in [0.05, 0.1) is 18.0 Å². The van der Waals surface area contributed by atoms with Crippen LogP contribution in [0.4, 0.5) is 5.69 Å². The molecule has 30 heavy (non-hydrogen) atoms. The van der Waals surface area contributed by atoms with Crippen LogP contribution in [0.2, 0.25) is 0 Å². The summed E-state index contributed by atoms with van der Waals surface area (Å²) in [5.41, 5.74) is 4.99. The molecule has 3 heterocycles. The number of nitrogens with zero attached hydrogens (tertiary/aromatic N) is 4. The van der Waals surface area contributed by atoms with E-state index in [2.05, 4.69) is 15.4 Å². The van der Waals surface area contributed by atoms with Crippen LogP contribution in [0.5, 0.6) is 0 Å². The van der Waals surface area contributed by atoms with Crippen molar-refractivity contribution in [2.24, 2.45) is 11.0 Å². The van der Waals surface area contributed by atoms with Gasteiger partial charge in [0.25, 0.3) is 0 Å². The van der Waals surface area contributed by atoms with Crippen molar-refractivity contribution in [3.63, 3.8) is 0 Å². The highest BCUT2D eigenvalue weighted by Crippen LogP contribution is 2.35. The van der Waals surface area contributed by atoms with Crippen LogP contribution in [-0.2, 0) is 20.8 Å². The number of carbonyl (C=O) groups is 2. The van der Waals surface area contributed by atoms with Gasteiger partial charge in [-0.05, 0) is 18.2 Å². The molecule has 0 bridgehead atoms. The van der Waals surface area contributed by atoms with Gasteiger partial charge < -0.3 is 19.5 Å². The Bertz CT molecular complexity index is 856. The van der Waals surface area contributed by atoms with Gasteiger partial charge in [0, 0.05) is 61.8 Å². The van der Waals surface area contributed by atoms with E-state index in [-0.39, 0.29) is 30.9 Å². The van der Waals surface area contributed by atoms with Crippen molar-refractivity contribution in [3.8, 4) is 0 Å². The molecule has 2 atom stereocenters. The third-order valence-electron chi connectivity index (χ3n) is 5.84. The summed E-state index contributed by atoms with van der Waals surface area (Å²) in [6.07, 6.45) is 0.381. The summed E-state index contributed by atoms with van der Waals surface area (Å²) in [5, 5.41) is 13.3. The van der Waals surface area contributed by atoms with Gasteiger partial charge in [-0.25, -0.2) is 5.43 Å². The Kier molecular flexibility index (Phi) is 6.28. The molecule has 2 unspecified atom stereocenters. The molecule has 1 saturated heterocycles. The fourth-order valence-electron chi connectivity index (χ4n) is 4.16. The van der Waals surface area contributed by atoms with Gasteiger partial charge in [-0.15, -0.1) is 0 Å². The lowest BCUT2D eigenvalue weighted by molar-refractivity contribution is -0.131. The number of nitrogens with one attached hydrogen (secondary N) is 1. The average Bonchev–Trinajstić information content (AvgIpc) is 3.03. The van der Waals surface area contributed by atoms with Crippen LogP contribution in [0.25, 0.3) is 0 Å². The van der Waals surface area contributed by atoms with Gasteiger partial charge in [0.15, 0.2) is 10.8 Å². The van der Waals surface area contributed by atoms with Crippen molar-refractivity contribution < 1.29 is 19.2 Å². The number of amides is 2. The van der Waals surface area contributed by atoms with Crippen molar-refractivity contribution in [3.05, 3.63) is 23.8 Å². The fourth-order valence-corrected chi connectivity index (χ4v) is 5.45. The molecular formula is C20H27N5O4S. The standard InChI is InChI=1S/C20H27N5O4S/c1-14-10-18(27)21-22-20(14)15-2-3-17-16(11-15)25(13-30(17)29)12-19(28)24-6-4-23(5-7-24)8-9-26/h2-3,11,14,26H,4-10,12-13H2,1H3,(H,21,27). The van der Waals surface area contributed by atoms with Crippen molar-refractivity contribution in [2.45, 2.75) is 18.2 Å². The molecule has 3 aliphatic heterocycles. The molecule has 2 amide bonds. The quantitative estimate of drug-likeness (QED) is 0.610. The van der Waals surface area contributed by atoms with Crippen molar-refractivity contribution in [2.75, 3.05) is 56.7 Å². The van der Waals surface area contributed by atoms with Crippen LogP contribution in [0.15, 0.2) is 28.2 Å². The first-order valence-corrected chi connectivity index (χ1v) is 11.5. The molecule has 2 N–H and O–H groups in total. The molecule has 9 nitrogen and oxygen atoms in total. The predicted molar refractivity (Wildman–Crippen MR) is 114 cm³/mol. The molecule has 4 rings (SSSR count). The van der Waals surface area contributed by atoms with E-state index in [0.717, 1.165) is 34.9 Å². The van der Waals surface area contributed by atoms with Gasteiger partial charge in [-0.3, -0.25) is 14.5 Å². The maximum Gasteiger partial charge on any atom is 0.242 e. The van der Waals surface area contributed by atoms with E-state index in [9.17, 15) is 14.1 Å². The molecule has 1 fully saturated rings. The van der Waals surface area contributed by atoms with Gasteiger partial charge in [0.2, 0.25) is 11.8 Å². The van der Waals surface area contributed by atoms with Gasteiger partial charge >= 0.3 is 0 Å². The summed E-state index contributed by atoms with van der Waals surface area (Å²) >= 11 is -1.18. The van der Waals surface area contributed by atoms with Crippen LogP contribution < -0.4 is 10.3 Å². The molecule has 1 aromatic carbocycles. The molecule has 3 aliphatic rings. The number of aliphatic hydroxyl groups excluding tert-OH is 1. The Labute approximate surface area is 178 Å². The van der Waals surface area contributed by atoms with Crippen LogP contribution in [-0.4, -0.2) is 88.7 Å². The van der Waals surface area contributed by atoms with Crippen LogP contribution in [0.1, 0.15) is 18.9 Å². The number of aliphatic hydroxyl groups is 1. The van der Waals surface area contributed by atoms with E-state index in [0.29, 0.717) is 31.9 Å². The van der Waals surface area contributed by atoms with Crippen LogP contribution in [0, 0.1) is 5.92 Å². The lowest BCUT2D eigenvalue weighted by Gasteiger charge is -2.35. The monoisotopic (exact) mass is 433 g/mol. The number of benzene rings is 1. The number of hydrazone groups is 1. The van der Waals surface area contributed by atoms with Crippen molar-refractivity contribution in [1.82, 2.24) is 15.2 Å². The van der Waals surface area contributed by atoms with Gasteiger partial charge in [-0.1, -0.05) is 6.92 Å². The molecule has 0 saturated carbocycles. The maximum absolute atomic E-state index is 12.9. The number of hydrogen-bond acceptors (Lipinski definition) is 7. The predicted octanol–water partition coefficient (Wildman–Crippen LogP) is -0.432. The number of anilines is 1. The summed E-state index contributed by atoms with van der Waals surface area (Å²) in [7, 11) is 0. The minimum atomic E-state index is -1.18. The van der Waals surface area contributed by atoms with E-state index < -0.39 is 11.2 Å². The molecule has 0 spiro atoms. The topological polar surface area (TPSA) is 112 Å². The van der Waals surface area contributed by atoms with E-state index in [1.807, 2.05) is 34.9 Å². The number of piperazine rings is 1. The zero-order valence-corrected chi connectivity index (χ0v) is 17.9. The minimum absolute atomic E-state index is 0.00556. The second-order valence-electron chi connectivity index (χ2n) is 7.94. The first-order valence-electron chi connectivity index (χ1n) is 10.2. The van der Waals surface area contributed by atoms with Crippen LogP contribution in [0.3, 0.4) is 0 Å². The van der Waals surface area contributed by atoms with Crippen LogP contribution >= 0.6 is 0 Å². The molecule has 0 aromatic heterocycles. The first kappa shape index (κ1) is 21.1. The molecular weight excluding hydrogens is 406 g/mol. The lowest BCUT2D eigenvalue weighted by atomic mass is 9.94. The zero-order valence-electron chi connectivity index (χ0n) is 17.0. The van der Waals surface area contributed by atoms with E-state index >= 15 is 0 Å². The largest absolute Gasteiger partial charge is 0.610 e. The molecule has 1 aromatic rings. The van der Waals surface area contributed by atoms with Gasteiger partial charge in [-0.2, -0.15) is 5.10 Å². The molecule has 162 valence electrons. The average molecular weight is 434 g/mol. The summed E-state index contributed by atoms with van der Waals surface area (Å²) in [6.45, 7) is 5.67. The van der Waals surface area contributed by atoms with Gasteiger partial charge in [0.1, 0.15) is 6.54 Å². The Hall–Kier alpha value is -2.14. The third-order valence-corrected chi connectivity index (χ3v) is 7.22. The zero-order chi connectivity index (χ0) is 21.3. The molecule has 0 aliphatic carbocycles. The summed E-state index contributed by atoms with van der Waals surface area (Å²) < 4.78 is 12.6. The second-order valence-corrected chi connectivity index (χ2v) is 9.33. The summed E-state index contributed by atoms with van der Waals surface area (Å²) in [4.78, 5) is 31.0. The van der Waals surface area contributed by atoms with Crippen molar-refractivity contribution in [1.29, 1.82) is 0 Å². The summed E-state index contributed by atoms with van der Waals surface area (Å²) in [5.74, 6) is 0.215. The Morgan fingerprint density at radius 1 is 1.33 bits per heavy atom. The highest BCUT2D eigenvalue weighted by molar-refractivity contribution is 7.92. The Morgan fingerprint density at radius 3 is 2.80 bits per heavy atom. The number of carbonyl (C=O) groups excluding carboxylic acids is 2. The lowest BCUT2D eigenvalue weighted by Crippen LogP contribution is -2.51. The minimum Gasteiger partial charge on any atom is -0.610 e.